The smallest absolute Gasteiger partial charge is 0.365 e. The second kappa shape index (κ2) is 8.44. The van der Waals surface area contributed by atoms with Crippen LogP contribution in [0.1, 0.15) is 29.3 Å². The molecule has 0 heterocycles. The molecule has 0 aliphatic rings. The predicted octanol–water partition coefficient (Wildman–Crippen LogP) is 2.86. The maximum atomic E-state index is 11.9. The van der Waals surface area contributed by atoms with Gasteiger partial charge in [-0.25, -0.2) is 4.79 Å². The Kier molecular flexibility index (Phi) is 6.05. The van der Waals surface area contributed by atoms with Crippen molar-refractivity contribution in [3.05, 3.63) is 69.8 Å². The predicted molar refractivity (Wildman–Crippen MR) is 91.5 cm³/mol. The first-order valence-corrected chi connectivity index (χ1v) is 7.53. The van der Waals surface area contributed by atoms with Crippen molar-refractivity contribution < 1.29 is 19.3 Å². The van der Waals surface area contributed by atoms with Crippen LogP contribution in [0.4, 0.5) is 5.69 Å². The molecular weight excluding hydrogens is 326 g/mol. The normalized spacial score (nSPS) is 11.0. The fourth-order valence-corrected chi connectivity index (χ4v) is 1.86. The lowest BCUT2D eigenvalue weighted by Gasteiger charge is -2.05. The Labute approximate surface area is 144 Å². The molecule has 0 aliphatic heterocycles. The average molecular weight is 343 g/mol. The number of nitrogens with two attached hydrogens (primary N) is 1. The van der Waals surface area contributed by atoms with Crippen LogP contribution < -0.4 is 10.5 Å². The second-order valence-electron chi connectivity index (χ2n) is 5.03. The molecule has 2 N–H and O–H groups in total. The monoisotopic (exact) mass is 343 g/mol. The van der Waals surface area contributed by atoms with Crippen LogP contribution in [0.15, 0.2) is 53.7 Å². The topological polar surface area (TPSA) is 117 Å². The summed E-state index contributed by atoms with van der Waals surface area (Å²) in [5.41, 5.74) is 6.34. The molecule has 2 aromatic carbocycles. The van der Waals surface area contributed by atoms with E-state index in [0.29, 0.717) is 23.5 Å². The van der Waals surface area contributed by atoms with Crippen LogP contribution in [0.2, 0.25) is 0 Å². The van der Waals surface area contributed by atoms with E-state index in [0.717, 1.165) is 6.42 Å². The number of carbonyl (C=O) groups is 1. The molecule has 0 fully saturated rings. The number of carbonyl (C=O) groups excluding carboxylic acids is 1. The lowest BCUT2D eigenvalue weighted by molar-refractivity contribution is -0.384. The molecule has 0 unspecified atom stereocenters. The number of benzene rings is 2. The van der Waals surface area contributed by atoms with E-state index in [1.807, 2.05) is 6.92 Å². The maximum Gasteiger partial charge on any atom is 0.365 e. The molecule has 0 aliphatic carbocycles. The third kappa shape index (κ3) is 5.03. The van der Waals surface area contributed by atoms with E-state index in [4.69, 9.17) is 15.3 Å². The summed E-state index contributed by atoms with van der Waals surface area (Å²) >= 11 is 0. The van der Waals surface area contributed by atoms with Crippen LogP contribution in [0.25, 0.3) is 0 Å². The van der Waals surface area contributed by atoms with Gasteiger partial charge in [-0.05, 0) is 42.8 Å². The van der Waals surface area contributed by atoms with Crippen molar-refractivity contribution >= 4 is 17.5 Å². The lowest BCUT2D eigenvalue weighted by atomic mass is 10.2. The molecule has 2 aromatic rings. The first-order chi connectivity index (χ1) is 12.0. The summed E-state index contributed by atoms with van der Waals surface area (Å²) in [5.74, 6) is -0.0784. The Morgan fingerprint density at radius 1 is 1.12 bits per heavy atom. The number of oxime groups is 1. The van der Waals surface area contributed by atoms with Crippen molar-refractivity contribution in [3.63, 3.8) is 0 Å². The molecule has 0 bridgehead atoms. The summed E-state index contributed by atoms with van der Waals surface area (Å²) in [7, 11) is 0. The number of nitrogens with zero attached hydrogens (tertiary/aromatic N) is 2. The largest absolute Gasteiger partial charge is 0.494 e. The minimum absolute atomic E-state index is 0.0638. The number of nitro benzene ring substituents is 1. The molecule has 0 saturated heterocycles. The Bertz CT molecular complexity index is 770. The SMILES string of the molecule is CCCOc1ccc(C(=O)O/N=C(\N)c2ccc([N+](=O)[O-])cc2)cc1. The van der Waals surface area contributed by atoms with E-state index in [9.17, 15) is 14.9 Å². The average Bonchev–Trinajstić information content (AvgIpc) is 2.64. The van der Waals surface area contributed by atoms with Gasteiger partial charge in [0.15, 0.2) is 5.84 Å². The molecule has 130 valence electrons. The summed E-state index contributed by atoms with van der Waals surface area (Å²) in [5, 5.41) is 14.2. The van der Waals surface area contributed by atoms with Crippen molar-refractivity contribution in [2.45, 2.75) is 13.3 Å². The standard InChI is InChI=1S/C17H17N3O5/c1-2-11-24-15-9-5-13(6-10-15)17(21)25-19-16(18)12-3-7-14(8-4-12)20(22)23/h3-10H,2,11H2,1H3,(H2,18,19). The van der Waals surface area contributed by atoms with E-state index in [1.165, 1.54) is 24.3 Å². The van der Waals surface area contributed by atoms with Gasteiger partial charge in [0.1, 0.15) is 5.75 Å². The minimum atomic E-state index is -0.674. The van der Waals surface area contributed by atoms with Gasteiger partial charge in [-0.15, -0.1) is 0 Å². The third-order valence-corrected chi connectivity index (χ3v) is 3.16. The van der Waals surface area contributed by atoms with Gasteiger partial charge in [0, 0.05) is 17.7 Å². The van der Waals surface area contributed by atoms with Crippen molar-refractivity contribution in [2.75, 3.05) is 6.61 Å². The second-order valence-corrected chi connectivity index (χ2v) is 5.03. The van der Waals surface area contributed by atoms with Gasteiger partial charge < -0.3 is 15.3 Å². The summed E-state index contributed by atoms with van der Waals surface area (Å²) < 4.78 is 5.42. The lowest BCUT2D eigenvalue weighted by Crippen LogP contribution is -2.15. The Hall–Kier alpha value is -3.42. The summed E-state index contributed by atoms with van der Waals surface area (Å²) in [6.07, 6.45) is 0.889. The number of hydrogen-bond donors (Lipinski definition) is 1. The number of amidine groups is 1. The Balaban J connectivity index is 1.99. The number of ether oxygens (including phenoxy) is 1. The Morgan fingerprint density at radius 3 is 2.28 bits per heavy atom. The van der Waals surface area contributed by atoms with E-state index in [1.54, 1.807) is 24.3 Å². The van der Waals surface area contributed by atoms with Crippen molar-refractivity contribution in [3.8, 4) is 5.75 Å². The molecule has 0 amide bonds. The van der Waals surface area contributed by atoms with Gasteiger partial charge in [0.05, 0.1) is 17.1 Å². The van der Waals surface area contributed by atoms with Crippen molar-refractivity contribution in [1.29, 1.82) is 0 Å². The highest BCUT2D eigenvalue weighted by atomic mass is 16.7. The summed E-state index contributed by atoms with van der Waals surface area (Å²) in [6, 6.07) is 11.9. The van der Waals surface area contributed by atoms with Crippen molar-refractivity contribution in [2.24, 2.45) is 10.9 Å². The highest BCUT2D eigenvalue weighted by Gasteiger charge is 2.10. The maximum absolute atomic E-state index is 11.9. The number of non-ortho nitro benzene ring substituents is 1. The molecule has 8 heteroatoms. The molecule has 0 aromatic heterocycles. The van der Waals surface area contributed by atoms with Crippen LogP contribution in [0.3, 0.4) is 0 Å². The van der Waals surface area contributed by atoms with Gasteiger partial charge in [0.25, 0.3) is 5.69 Å². The molecule has 8 nitrogen and oxygen atoms in total. The quantitative estimate of drug-likeness (QED) is 0.271. The van der Waals surface area contributed by atoms with Crippen LogP contribution in [-0.2, 0) is 4.84 Å². The zero-order valence-corrected chi connectivity index (χ0v) is 13.5. The van der Waals surface area contributed by atoms with Crippen LogP contribution >= 0.6 is 0 Å². The zero-order valence-electron chi connectivity index (χ0n) is 13.5. The van der Waals surface area contributed by atoms with Gasteiger partial charge in [-0.1, -0.05) is 12.1 Å². The molecule has 0 radical (unpaired) electrons. The molecule has 2 rings (SSSR count). The summed E-state index contributed by atoms with van der Waals surface area (Å²) in [6.45, 7) is 2.60. The zero-order chi connectivity index (χ0) is 18.2. The first-order valence-electron chi connectivity index (χ1n) is 7.53. The fourth-order valence-electron chi connectivity index (χ4n) is 1.86. The van der Waals surface area contributed by atoms with Crippen LogP contribution in [-0.4, -0.2) is 23.3 Å². The number of rotatable bonds is 7. The van der Waals surface area contributed by atoms with E-state index in [-0.39, 0.29) is 11.5 Å². The van der Waals surface area contributed by atoms with Crippen LogP contribution in [0.5, 0.6) is 5.75 Å². The van der Waals surface area contributed by atoms with E-state index < -0.39 is 10.9 Å². The van der Waals surface area contributed by atoms with Crippen molar-refractivity contribution in [1.82, 2.24) is 0 Å². The fraction of sp³-hybridized carbons (Fsp3) is 0.176. The summed E-state index contributed by atoms with van der Waals surface area (Å²) in [4.78, 5) is 26.8. The molecule has 0 spiro atoms. The number of hydrogen-bond acceptors (Lipinski definition) is 6. The van der Waals surface area contributed by atoms with E-state index >= 15 is 0 Å². The van der Waals surface area contributed by atoms with Crippen LogP contribution in [0, 0.1) is 10.1 Å². The first kappa shape index (κ1) is 17.9. The molecule has 0 atom stereocenters. The van der Waals surface area contributed by atoms with Gasteiger partial charge in [0.2, 0.25) is 0 Å². The van der Waals surface area contributed by atoms with Gasteiger partial charge in [-0.3, -0.25) is 10.1 Å². The number of nitro groups is 1. The molecule has 25 heavy (non-hydrogen) atoms. The highest BCUT2D eigenvalue weighted by Crippen LogP contribution is 2.14. The Morgan fingerprint density at radius 2 is 1.72 bits per heavy atom. The van der Waals surface area contributed by atoms with E-state index in [2.05, 4.69) is 5.16 Å². The van der Waals surface area contributed by atoms with Gasteiger partial charge >= 0.3 is 5.97 Å². The molecule has 0 saturated carbocycles. The highest BCUT2D eigenvalue weighted by molar-refractivity contribution is 5.98. The molecular formula is C17H17N3O5. The van der Waals surface area contributed by atoms with Gasteiger partial charge in [-0.2, -0.15) is 0 Å². The third-order valence-electron chi connectivity index (χ3n) is 3.16. The minimum Gasteiger partial charge on any atom is -0.494 e.